The Hall–Kier alpha value is -1.39. The summed E-state index contributed by atoms with van der Waals surface area (Å²) in [5, 5.41) is 11.6. The summed E-state index contributed by atoms with van der Waals surface area (Å²) in [4.78, 5) is 11.1. The summed E-state index contributed by atoms with van der Waals surface area (Å²) in [7, 11) is 1.48. The first-order valence-electron chi connectivity index (χ1n) is 4.70. The maximum atomic E-state index is 11.1. The first kappa shape index (κ1) is 11.7. The van der Waals surface area contributed by atoms with E-state index in [1.165, 1.54) is 7.11 Å². The molecular formula is C11H15NO3. The first-order valence-corrected chi connectivity index (χ1v) is 4.70. The number of rotatable bonds is 5. The topological polar surface area (TPSA) is 58.6 Å². The van der Waals surface area contributed by atoms with E-state index in [0.29, 0.717) is 6.54 Å². The van der Waals surface area contributed by atoms with Gasteiger partial charge in [-0.15, -0.1) is 0 Å². The number of nitrogens with one attached hydrogen (secondary N) is 1. The fourth-order valence-corrected chi connectivity index (χ4v) is 1.22. The summed E-state index contributed by atoms with van der Waals surface area (Å²) in [6, 6.07) is 7.43. The van der Waals surface area contributed by atoms with Gasteiger partial charge in [-0.1, -0.05) is 24.3 Å². The molecule has 4 nitrogen and oxygen atoms in total. The van der Waals surface area contributed by atoms with E-state index in [1.54, 1.807) is 0 Å². The molecule has 0 saturated heterocycles. The lowest BCUT2D eigenvalue weighted by atomic mass is 10.1. The molecule has 1 amide bonds. The minimum Gasteiger partial charge on any atom is -0.392 e. The molecule has 0 aromatic heterocycles. The Bertz CT molecular complexity index is 325. The molecule has 1 aromatic rings. The number of carbonyl (C=O) groups is 1. The van der Waals surface area contributed by atoms with Gasteiger partial charge in [-0.25, -0.2) is 0 Å². The van der Waals surface area contributed by atoms with Crippen LogP contribution in [0, 0.1) is 0 Å². The van der Waals surface area contributed by atoms with Crippen molar-refractivity contribution in [3.8, 4) is 0 Å². The van der Waals surface area contributed by atoms with Crippen LogP contribution >= 0.6 is 0 Å². The van der Waals surface area contributed by atoms with Crippen LogP contribution in [0.15, 0.2) is 24.3 Å². The van der Waals surface area contributed by atoms with Crippen molar-refractivity contribution in [3.63, 3.8) is 0 Å². The van der Waals surface area contributed by atoms with Gasteiger partial charge in [0.25, 0.3) is 0 Å². The molecule has 0 heterocycles. The zero-order valence-corrected chi connectivity index (χ0v) is 8.69. The molecule has 0 atom stereocenters. The number of methoxy groups -OCH3 is 1. The maximum absolute atomic E-state index is 11.1. The van der Waals surface area contributed by atoms with Gasteiger partial charge in [0, 0.05) is 13.7 Å². The van der Waals surface area contributed by atoms with Gasteiger partial charge in [-0.05, 0) is 11.1 Å². The minimum atomic E-state index is -0.146. The number of aliphatic hydroxyl groups is 1. The van der Waals surface area contributed by atoms with Crippen LogP contribution in [0.4, 0.5) is 0 Å². The number of aliphatic hydroxyl groups excluding tert-OH is 1. The van der Waals surface area contributed by atoms with Crippen molar-refractivity contribution in [3.05, 3.63) is 35.4 Å². The van der Waals surface area contributed by atoms with Gasteiger partial charge < -0.3 is 15.2 Å². The third-order valence-corrected chi connectivity index (χ3v) is 1.94. The number of hydrogen-bond acceptors (Lipinski definition) is 3. The highest BCUT2D eigenvalue weighted by molar-refractivity contribution is 5.77. The highest BCUT2D eigenvalue weighted by atomic mass is 16.5. The average Bonchev–Trinajstić information content (AvgIpc) is 2.27. The highest BCUT2D eigenvalue weighted by Gasteiger charge is 2.00. The third kappa shape index (κ3) is 4.10. The molecular weight excluding hydrogens is 194 g/mol. The predicted octanol–water partition coefficient (Wildman–Crippen LogP) is 0.441. The molecule has 0 spiro atoms. The molecule has 0 unspecified atom stereocenters. The molecule has 0 radical (unpaired) electrons. The Morgan fingerprint density at radius 3 is 2.87 bits per heavy atom. The second-order valence-corrected chi connectivity index (χ2v) is 3.19. The van der Waals surface area contributed by atoms with Gasteiger partial charge in [0.1, 0.15) is 6.61 Å². The molecule has 1 rings (SSSR count). The zero-order valence-electron chi connectivity index (χ0n) is 8.69. The standard InChI is InChI=1S/C11H15NO3/c1-15-8-11(14)12-6-9-3-2-4-10(5-9)7-13/h2-5,13H,6-8H2,1H3,(H,12,14). The Morgan fingerprint density at radius 1 is 1.47 bits per heavy atom. The predicted molar refractivity (Wildman–Crippen MR) is 56.1 cm³/mol. The van der Waals surface area contributed by atoms with Gasteiger partial charge in [-0.2, -0.15) is 0 Å². The Labute approximate surface area is 88.9 Å². The molecule has 0 bridgehead atoms. The van der Waals surface area contributed by atoms with Crippen molar-refractivity contribution in [2.75, 3.05) is 13.7 Å². The quantitative estimate of drug-likeness (QED) is 0.740. The third-order valence-electron chi connectivity index (χ3n) is 1.94. The summed E-state index contributed by atoms with van der Waals surface area (Å²) in [6.45, 7) is 0.537. The lowest BCUT2D eigenvalue weighted by molar-refractivity contribution is -0.124. The molecule has 0 aliphatic carbocycles. The van der Waals surface area contributed by atoms with Gasteiger partial charge in [0.2, 0.25) is 5.91 Å². The fourth-order valence-electron chi connectivity index (χ4n) is 1.22. The van der Waals surface area contributed by atoms with E-state index in [0.717, 1.165) is 11.1 Å². The van der Waals surface area contributed by atoms with E-state index in [-0.39, 0.29) is 19.1 Å². The van der Waals surface area contributed by atoms with E-state index < -0.39 is 0 Å². The second-order valence-electron chi connectivity index (χ2n) is 3.19. The molecule has 4 heteroatoms. The van der Waals surface area contributed by atoms with Crippen LogP contribution in [0.3, 0.4) is 0 Å². The summed E-state index contributed by atoms with van der Waals surface area (Å²) in [6.07, 6.45) is 0. The van der Waals surface area contributed by atoms with Crippen molar-refractivity contribution in [2.24, 2.45) is 0 Å². The number of amides is 1. The lowest BCUT2D eigenvalue weighted by Gasteiger charge is -2.05. The molecule has 82 valence electrons. The fraction of sp³-hybridized carbons (Fsp3) is 0.364. The van der Waals surface area contributed by atoms with Crippen LogP contribution in [0.25, 0.3) is 0 Å². The van der Waals surface area contributed by atoms with Gasteiger partial charge in [0.05, 0.1) is 6.61 Å². The highest BCUT2D eigenvalue weighted by Crippen LogP contribution is 2.04. The molecule has 2 N–H and O–H groups in total. The normalized spacial score (nSPS) is 10.0. The lowest BCUT2D eigenvalue weighted by Crippen LogP contribution is -2.26. The van der Waals surface area contributed by atoms with E-state index in [9.17, 15) is 4.79 Å². The van der Waals surface area contributed by atoms with E-state index >= 15 is 0 Å². The molecule has 0 saturated carbocycles. The minimum absolute atomic E-state index is 0.0137. The number of hydrogen-bond donors (Lipinski definition) is 2. The van der Waals surface area contributed by atoms with Crippen LogP contribution in [-0.2, 0) is 22.7 Å². The summed E-state index contributed by atoms with van der Waals surface area (Å²) in [5.74, 6) is -0.146. The summed E-state index contributed by atoms with van der Waals surface area (Å²) in [5.41, 5.74) is 1.81. The van der Waals surface area contributed by atoms with Gasteiger partial charge in [0.15, 0.2) is 0 Å². The van der Waals surface area contributed by atoms with Crippen LogP contribution in [0.5, 0.6) is 0 Å². The molecule has 0 aliphatic heterocycles. The SMILES string of the molecule is COCC(=O)NCc1cccc(CO)c1. The molecule has 1 aromatic carbocycles. The van der Waals surface area contributed by atoms with Crippen LogP contribution in [-0.4, -0.2) is 24.7 Å². The van der Waals surface area contributed by atoms with Crippen LogP contribution < -0.4 is 5.32 Å². The van der Waals surface area contributed by atoms with Crippen molar-refractivity contribution in [1.82, 2.24) is 5.32 Å². The molecule has 15 heavy (non-hydrogen) atoms. The van der Waals surface area contributed by atoms with Crippen molar-refractivity contribution in [1.29, 1.82) is 0 Å². The largest absolute Gasteiger partial charge is 0.392 e. The van der Waals surface area contributed by atoms with Crippen molar-refractivity contribution in [2.45, 2.75) is 13.2 Å². The smallest absolute Gasteiger partial charge is 0.246 e. The van der Waals surface area contributed by atoms with Gasteiger partial charge >= 0.3 is 0 Å². The van der Waals surface area contributed by atoms with Crippen molar-refractivity contribution < 1.29 is 14.6 Å². The van der Waals surface area contributed by atoms with Crippen LogP contribution in [0.1, 0.15) is 11.1 Å². The summed E-state index contributed by atoms with van der Waals surface area (Å²) < 4.78 is 4.68. The average molecular weight is 209 g/mol. The monoisotopic (exact) mass is 209 g/mol. The number of carbonyl (C=O) groups excluding carboxylic acids is 1. The number of ether oxygens (including phenoxy) is 1. The maximum Gasteiger partial charge on any atom is 0.246 e. The van der Waals surface area contributed by atoms with E-state index in [2.05, 4.69) is 10.1 Å². The van der Waals surface area contributed by atoms with E-state index in [4.69, 9.17) is 5.11 Å². The van der Waals surface area contributed by atoms with Gasteiger partial charge in [-0.3, -0.25) is 4.79 Å². The zero-order chi connectivity index (χ0) is 11.1. The Morgan fingerprint density at radius 2 is 2.20 bits per heavy atom. The van der Waals surface area contributed by atoms with Crippen molar-refractivity contribution >= 4 is 5.91 Å². The van der Waals surface area contributed by atoms with E-state index in [1.807, 2.05) is 24.3 Å². The number of benzene rings is 1. The first-order chi connectivity index (χ1) is 7.26. The molecule has 0 aliphatic rings. The molecule has 0 fully saturated rings. The summed E-state index contributed by atoms with van der Waals surface area (Å²) >= 11 is 0. The second kappa shape index (κ2) is 6.16. The Balaban J connectivity index is 2.46. The Kier molecular flexibility index (Phi) is 4.80. The van der Waals surface area contributed by atoms with Crippen LogP contribution in [0.2, 0.25) is 0 Å².